The highest BCUT2D eigenvalue weighted by Gasteiger charge is 2.24. The highest BCUT2D eigenvalue weighted by atomic mass is 16.5. The quantitative estimate of drug-likeness (QED) is 0.148. The lowest BCUT2D eigenvalue weighted by Gasteiger charge is -2.14. The average Bonchev–Trinajstić information content (AvgIpc) is 2.61. The van der Waals surface area contributed by atoms with Crippen LogP contribution in [0.25, 0.3) is 0 Å². The number of unbranched alkanes of at least 4 members (excludes halogenated alkanes) is 1. The van der Waals surface area contributed by atoms with E-state index in [1.54, 1.807) is 25.1 Å². The van der Waals surface area contributed by atoms with Gasteiger partial charge in [0.25, 0.3) is 0 Å². The zero-order chi connectivity index (χ0) is 19.4. The van der Waals surface area contributed by atoms with Gasteiger partial charge in [-0.25, -0.2) is 4.79 Å². The number of nitrogens with one attached hydrogen (secondary N) is 1. The first-order chi connectivity index (χ1) is 12.5. The summed E-state index contributed by atoms with van der Waals surface area (Å²) >= 11 is 0. The van der Waals surface area contributed by atoms with Gasteiger partial charge in [0.2, 0.25) is 0 Å². The zero-order valence-corrected chi connectivity index (χ0v) is 15.8. The topological polar surface area (TPSA) is 103 Å². The molecule has 0 saturated heterocycles. The predicted molar refractivity (Wildman–Crippen MR) is 102 cm³/mol. The second-order valence-corrected chi connectivity index (χ2v) is 5.79. The molecule has 0 bridgehead atoms. The smallest absolute Gasteiger partial charge is 0.331 e. The van der Waals surface area contributed by atoms with Crippen LogP contribution in [0.2, 0.25) is 0 Å². The van der Waals surface area contributed by atoms with Crippen LogP contribution in [-0.4, -0.2) is 43.6 Å². The predicted octanol–water partition coefficient (Wildman–Crippen LogP) is 2.75. The standard InChI is InChI=1S/C19H29N3O4/c1-4-6-11-26-19(24)17(22-14(3)20)12-18(23)15-9-7-8-10-16(15)21-13-25-5-2/h7-10,17,21H,4-6,11-13H2,1-3H3,(H2,20,22). The molecule has 0 aromatic heterocycles. The Bertz CT molecular complexity index is 613. The lowest BCUT2D eigenvalue weighted by molar-refractivity contribution is -0.145. The minimum atomic E-state index is -0.940. The molecule has 1 aromatic rings. The number of nitrogens with zero attached hydrogens (tertiary/aromatic N) is 1. The van der Waals surface area contributed by atoms with Crippen molar-refractivity contribution in [2.24, 2.45) is 10.7 Å². The largest absolute Gasteiger partial charge is 0.464 e. The SMILES string of the molecule is CCCCOC(=O)C(CC(=O)c1ccccc1NCOCC)N=C(C)N. The summed E-state index contributed by atoms with van der Waals surface area (Å²) in [6.45, 7) is 6.65. The van der Waals surface area contributed by atoms with E-state index in [9.17, 15) is 9.59 Å². The minimum absolute atomic E-state index is 0.104. The van der Waals surface area contributed by atoms with Gasteiger partial charge in [-0.2, -0.15) is 0 Å². The summed E-state index contributed by atoms with van der Waals surface area (Å²) in [5.41, 5.74) is 6.74. The molecule has 7 nitrogen and oxygen atoms in total. The number of benzene rings is 1. The second-order valence-electron chi connectivity index (χ2n) is 5.79. The molecule has 1 aromatic carbocycles. The third-order valence-corrected chi connectivity index (χ3v) is 3.55. The van der Waals surface area contributed by atoms with Gasteiger partial charge >= 0.3 is 5.97 Å². The summed E-state index contributed by atoms with van der Waals surface area (Å²) < 4.78 is 10.5. The Morgan fingerprint density at radius 3 is 2.65 bits per heavy atom. The Morgan fingerprint density at radius 2 is 2.00 bits per heavy atom. The van der Waals surface area contributed by atoms with E-state index in [4.69, 9.17) is 15.2 Å². The normalized spacial score (nSPS) is 12.5. The average molecular weight is 363 g/mol. The lowest BCUT2D eigenvalue weighted by atomic mass is 10.0. The molecule has 0 heterocycles. The van der Waals surface area contributed by atoms with Crippen molar-refractivity contribution in [2.75, 3.05) is 25.3 Å². The monoisotopic (exact) mass is 363 g/mol. The molecule has 3 N–H and O–H groups in total. The first-order valence-corrected chi connectivity index (χ1v) is 8.89. The highest BCUT2D eigenvalue weighted by Crippen LogP contribution is 2.19. The van der Waals surface area contributed by atoms with Gasteiger partial charge in [-0.1, -0.05) is 25.5 Å². The number of anilines is 1. The van der Waals surface area contributed by atoms with E-state index in [0.717, 1.165) is 12.8 Å². The third-order valence-electron chi connectivity index (χ3n) is 3.55. The molecule has 0 aliphatic carbocycles. The number of carbonyl (C=O) groups excluding carboxylic acids is 2. The Morgan fingerprint density at radius 1 is 1.27 bits per heavy atom. The fraction of sp³-hybridized carbons (Fsp3) is 0.526. The van der Waals surface area contributed by atoms with Crippen LogP contribution in [0.1, 0.15) is 50.4 Å². The minimum Gasteiger partial charge on any atom is -0.464 e. The fourth-order valence-electron chi connectivity index (χ4n) is 2.24. The maximum absolute atomic E-state index is 12.7. The molecule has 7 heteroatoms. The summed E-state index contributed by atoms with van der Waals surface area (Å²) in [4.78, 5) is 29.0. The molecule has 1 rings (SSSR count). The van der Waals surface area contributed by atoms with Crippen LogP contribution >= 0.6 is 0 Å². The molecule has 0 radical (unpaired) electrons. The Kier molecular flexibility index (Phi) is 10.0. The van der Waals surface area contributed by atoms with Crippen LogP contribution in [-0.2, 0) is 14.3 Å². The van der Waals surface area contributed by atoms with Crippen LogP contribution in [0.3, 0.4) is 0 Å². The summed E-state index contributed by atoms with van der Waals surface area (Å²) in [5.74, 6) is -0.513. The number of para-hydroxylation sites is 1. The summed E-state index contributed by atoms with van der Waals surface area (Å²) in [7, 11) is 0. The molecule has 0 fully saturated rings. The van der Waals surface area contributed by atoms with E-state index >= 15 is 0 Å². The molecule has 0 spiro atoms. The summed E-state index contributed by atoms with van der Waals surface area (Å²) in [5, 5.41) is 3.06. The number of esters is 1. The van der Waals surface area contributed by atoms with E-state index in [0.29, 0.717) is 31.2 Å². The number of hydrogen-bond acceptors (Lipinski definition) is 6. The van der Waals surface area contributed by atoms with E-state index in [-0.39, 0.29) is 18.0 Å². The number of carbonyl (C=O) groups is 2. The van der Waals surface area contributed by atoms with E-state index in [2.05, 4.69) is 10.3 Å². The molecule has 1 atom stereocenters. The van der Waals surface area contributed by atoms with Crippen molar-refractivity contribution < 1.29 is 19.1 Å². The van der Waals surface area contributed by atoms with Gasteiger partial charge in [0.1, 0.15) is 6.73 Å². The van der Waals surface area contributed by atoms with Crippen molar-refractivity contribution >= 4 is 23.3 Å². The molecule has 144 valence electrons. The number of rotatable bonds is 12. The first kappa shape index (κ1) is 21.6. The number of amidine groups is 1. The van der Waals surface area contributed by atoms with E-state index in [1.807, 2.05) is 19.9 Å². The summed E-state index contributed by atoms with van der Waals surface area (Å²) in [6, 6.07) is 6.15. The number of Topliss-reactive ketones (excluding diaryl/α,β-unsaturated/α-hetero) is 1. The van der Waals surface area contributed by atoms with Crippen molar-refractivity contribution in [3.05, 3.63) is 29.8 Å². The lowest BCUT2D eigenvalue weighted by Crippen LogP contribution is -2.28. The van der Waals surface area contributed by atoms with Crippen LogP contribution in [0.4, 0.5) is 5.69 Å². The zero-order valence-electron chi connectivity index (χ0n) is 15.8. The van der Waals surface area contributed by atoms with Crippen molar-refractivity contribution in [3.8, 4) is 0 Å². The maximum atomic E-state index is 12.7. The Hall–Kier alpha value is -2.41. The first-order valence-electron chi connectivity index (χ1n) is 8.89. The van der Waals surface area contributed by atoms with Gasteiger partial charge in [-0.05, 0) is 32.4 Å². The number of hydrogen-bond donors (Lipinski definition) is 2. The molecule has 0 aliphatic rings. The van der Waals surface area contributed by atoms with Gasteiger partial charge in [0, 0.05) is 24.3 Å². The number of ketones is 1. The van der Waals surface area contributed by atoms with Crippen molar-refractivity contribution in [1.82, 2.24) is 0 Å². The maximum Gasteiger partial charge on any atom is 0.331 e. The molecule has 0 aliphatic heterocycles. The number of aliphatic imine (C=N–C) groups is 1. The molecule has 0 amide bonds. The highest BCUT2D eigenvalue weighted by molar-refractivity contribution is 6.03. The van der Waals surface area contributed by atoms with Crippen molar-refractivity contribution in [2.45, 2.75) is 46.1 Å². The van der Waals surface area contributed by atoms with E-state index in [1.165, 1.54) is 0 Å². The summed E-state index contributed by atoms with van der Waals surface area (Å²) in [6.07, 6.45) is 1.57. The van der Waals surface area contributed by atoms with Crippen LogP contribution in [0.15, 0.2) is 29.3 Å². The van der Waals surface area contributed by atoms with Crippen LogP contribution < -0.4 is 11.1 Å². The van der Waals surface area contributed by atoms with Gasteiger partial charge in [0.05, 0.1) is 12.4 Å². The number of nitrogens with two attached hydrogens (primary N) is 1. The van der Waals surface area contributed by atoms with Gasteiger partial charge in [-0.15, -0.1) is 0 Å². The second kappa shape index (κ2) is 12.0. The fourth-order valence-corrected chi connectivity index (χ4v) is 2.24. The van der Waals surface area contributed by atoms with Crippen LogP contribution in [0, 0.1) is 0 Å². The number of ether oxygens (including phenoxy) is 2. The van der Waals surface area contributed by atoms with Gasteiger partial charge < -0.3 is 20.5 Å². The molecule has 26 heavy (non-hydrogen) atoms. The Balaban J connectivity index is 2.86. The van der Waals surface area contributed by atoms with E-state index < -0.39 is 12.0 Å². The molecule has 0 saturated carbocycles. The van der Waals surface area contributed by atoms with Crippen molar-refractivity contribution in [1.29, 1.82) is 0 Å². The van der Waals surface area contributed by atoms with Gasteiger partial charge in [-0.3, -0.25) is 9.79 Å². The van der Waals surface area contributed by atoms with Gasteiger partial charge in [0.15, 0.2) is 11.8 Å². The Labute approximate surface area is 155 Å². The molecular formula is C19H29N3O4. The van der Waals surface area contributed by atoms with Crippen LogP contribution in [0.5, 0.6) is 0 Å². The van der Waals surface area contributed by atoms with Crippen molar-refractivity contribution in [3.63, 3.8) is 0 Å². The molecule has 1 unspecified atom stereocenters. The third kappa shape index (κ3) is 7.65. The molecular weight excluding hydrogens is 334 g/mol.